The maximum atomic E-state index is 12.6. The first-order chi connectivity index (χ1) is 15.2. The third kappa shape index (κ3) is 6.27. The van der Waals surface area contributed by atoms with Crippen LogP contribution in [-0.4, -0.2) is 66.0 Å². The molecule has 2 aliphatic rings. The maximum absolute atomic E-state index is 12.6. The SMILES string of the molecule is O=C(Cc1cccs1)N1C[C@@H]2COC[C@]2(COCc2ccccn2)C1.O=C(O)C(F)(F)F. The lowest BCUT2D eigenvalue weighted by molar-refractivity contribution is -0.192. The van der Waals surface area contributed by atoms with Crippen LogP contribution >= 0.6 is 11.3 Å². The van der Waals surface area contributed by atoms with Gasteiger partial charge < -0.3 is 19.5 Å². The molecular weight excluding hydrogens is 449 g/mol. The molecule has 2 fully saturated rings. The number of rotatable bonds is 6. The van der Waals surface area contributed by atoms with Gasteiger partial charge in [-0.05, 0) is 23.6 Å². The van der Waals surface area contributed by atoms with Crippen molar-refractivity contribution in [2.75, 3.05) is 32.9 Å². The van der Waals surface area contributed by atoms with Gasteiger partial charge in [0.2, 0.25) is 5.91 Å². The van der Waals surface area contributed by atoms with Gasteiger partial charge in [0.1, 0.15) is 0 Å². The minimum absolute atomic E-state index is 0.0696. The van der Waals surface area contributed by atoms with Gasteiger partial charge in [0.25, 0.3) is 0 Å². The number of thiophene rings is 1. The standard InChI is InChI=1S/C19H22N2O3S.C2HF3O2/c22-18(8-17-5-3-7-25-17)21-9-15-10-23-13-19(15,12-21)14-24-11-16-4-1-2-6-20-16;3-2(4,5)1(6)7/h1-7,15H,8-14H2;(H,6,7)/t15-,19+;/m1./s1. The molecule has 2 aliphatic heterocycles. The molecule has 0 spiro atoms. The van der Waals surface area contributed by atoms with E-state index in [1.807, 2.05) is 40.6 Å². The van der Waals surface area contributed by atoms with E-state index in [2.05, 4.69) is 4.98 Å². The molecule has 0 aromatic carbocycles. The molecule has 4 rings (SSSR count). The molecule has 2 atom stereocenters. The minimum Gasteiger partial charge on any atom is -0.475 e. The van der Waals surface area contributed by atoms with E-state index < -0.39 is 12.1 Å². The fourth-order valence-electron chi connectivity index (χ4n) is 3.74. The first-order valence-electron chi connectivity index (χ1n) is 9.85. The lowest BCUT2D eigenvalue weighted by atomic mass is 9.82. The number of nitrogens with zero attached hydrogens (tertiary/aromatic N) is 2. The van der Waals surface area contributed by atoms with Crippen molar-refractivity contribution in [3.8, 4) is 0 Å². The molecule has 0 aliphatic carbocycles. The Kier molecular flexibility index (Phi) is 7.86. The first-order valence-corrected chi connectivity index (χ1v) is 10.7. The van der Waals surface area contributed by atoms with Gasteiger partial charge in [0.05, 0.1) is 38.5 Å². The third-order valence-electron chi connectivity index (χ3n) is 5.39. The Bertz CT molecular complexity index is 895. The summed E-state index contributed by atoms with van der Waals surface area (Å²) in [6.45, 7) is 4.00. The van der Waals surface area contributed by atoms with Crippen molar-refractivity contribution in [1.29, 1.82) is 0 Å². The molecule has 2 aromatic heterocycles. The fourth-order valence-corrected chi connectivity index (χ4v) is 4.44. The van der Waals surface area contributed by atoms with E-state index in [0.29, 0.717) is 32.2 Å². The van der Waals surface area contributed by atoms with Crippen molar-refractivity contribution < 1.29 is 37.3 Å². The molecule has 0 saturated carbocycles. The monoisotopic (exact) mass is 472 g/mol. The number of carboxylic acids is 1. The van der Waals surface area contributed by atoms with Gasteiger partial charge in [-0.15, -0.1) is 11.3 Å². The number of alkyl halides is 3. The highest BCUT2D eigenvalue weighted by molar-refractivity contribution is 7.10. The highest BCUT2D eigenvalue weighted by Crippen LogP contribution is 2.42. The first kappa shape index (κ1) is 24.1. The molecule has 7 nitrogen and oxygen atoms in total. The second-order valence-electron chi connectivity index (χ2n) is 7.72. The van der Waals surface area contributed by atoms with Crippen LogP contribution in [0.1, 0.15) is 10.6 Å². The largest absolute Gasteiger partial charge is 0.490 e. The number of likely N-dealkylation sites (tertiary alicyclic amines) is 1. The zero-order valence-electron chi connectivity index (χ0n) is 17.1. The predicted octanol–water partition coefficient (Wildman–Crippen LogP) is 3.01. The Balaban J connectivity index is 0.000000360. The van der Waals surface area contributed by atoms with Crippen LogP contribution in [0.4, 0.5) is 13.2 Å². The predicted molar refractivity (Wildman–Crippen MR) is 109 cm³/mol. The number of carbonyl (C=O) groups excluding carboxylic acids is 1. The Morgan fingerprint density at radius 1 is 1.31 bits per heavy atom. The topological polar surface area (TPSA) is 89.0 Å². The summed E-state index contributed by atoms with van der Waals surface area (Å²) in [5.41, 5.74) is 0.859. The van der Waals surface area contributed by atoms with Crippen LogP contribution in [0.5, 0.6) is 0 Å². The summed E-state index contributed by atoms with van der Waals surface area (Å²) in [6.07, 6.45) is -2.81. The van der Waals surface area contributed by atoms with E-state index in [-0.39, 0.29) is 11.3 Å². The normalized spacial score (nSPS) is 22.2. The van der Waals surface area contributed by atoms with Crippen molar-refractivity contribution in [3.05, 3.63) is 52.5 Å². The third-order valence-corrected chi connectivity index (χ3v) is 6.26. The number of hydrogen-bond acceptors (Lipinski definition) is 6. The van der Waals surface area contributed by atoms with Crippen LogP contribution < -0.4 is 0 Å². The van der Waals surface area contributed by atoms with E-state index in [0.717, 1.165) is 30.3 Å². The highest BCUT2D eigenvalue weighted by Gasteiger charge is 2.51. The smallest absolute Gasteiger partial charge is 0.475 e. The van der Waals surface area contributed by atoms with Crippen LogP contribution in [0, 0.1) is 11.3 Å². The van der Waals surface area contributed by atoms with Gasteiger partial charge in [0, 0.05) is 35.5 Å². The number of hydrogen-bond donors (Lipinski definition) is 1. The number of aliphatic carboxylic acids is 1. The van der Waals surface area contributed by atoms with Crippen LogP contribution in [0.2, 0.25) is 0 Å². The van der Waals surface area contributed by atoms with Gasteiger partial charge >= 0.3 is 12.1 Å². The Labute approximate surface area is 186 Å². The summed E-state index contributed by atoms with van der Waals surface area (Å²) in [5.74, 6) is -2.18. The molecular formula is C21H23F3N2O5S. The highest BCUT2D eigenvalue weighted by atomic mass is 32.1. The van der Waals surface area contributed by atoms with Gasteiger partial charge in [-0.3, -0.25) is 9.78 Å². The second-order valence-corrected chi connectivity index (χ2v) is 8.75. The molecule has 0 bridgehead atoms. The van der Waals surface area contributed by atoms with E-state index >= 15 is 0 Å². The lowest BCUT2D eigenvalue weighted by Crippen LogP contribution is -2.37. The molecule has 0 radical (unpaired) electrons. The summed E-state index contributed by atoms with van der Waals surface area (Å²) >= 11 is 1.64. The van der Waals surface area contributed by atoms with E-state index in [4.69, 9.17) is 19.4 Å². The summed E-state index contributed by atoms with van der Waals surface area (Å²) < 4.78 is 43.4. The number of fused-ring (bicyclic) bond motifs is 1. The van der Waals surface area contributed by atoms with Crippen molar-refractivity contribution in [2.45, 2.75) is 19.2 Å². The second kappa shape index (κ2) is 10.4. The number of halogens is 3. The van der Waals surface area contributed by atoms with Crippen LogP contribution in [0.3, 0.4) is 0 Å². The van der Waals surface area contributed by atoms with Crippen LogP contribution in [0.15, 0.2) is 41.9 Å². The van der Waals surface area contributed by atoms with Crippen molar-refractivity contribution in [2.24, 2.45) is 11.3 Å². The molecule has 1 amide bonds. The molecule has 2 aromatic rings. The van der Waals surface area contributed by atoms with Crippen molar-refractivity contribution in [3.63, 3.8) is 0 Å². The quantitative estimate of drug-likeness (QED) is 0.696. The lowest BCUT2D eigenvalue weighted by Gasteiger charge is -2.26. The Morgan fingerprint density at radius 2 is 2.09 bits per heavy atom. The number of aromatic nitrogens is 1. The van der Waals surface area contributed by atoms with Gasteiger partial charge in [0.15, 0.2) is 0 Å². The zero-order valence-corrected chi connectivity index (χ0v) is 17.9. The van der Waals surface area contributed by atoms with Gasteiger partial charge in [-0.25, -0.2) is 4.79 Å². The number of carboxylic acid groups (broad SMARTS) is 1. The molecule has 174 valence electrons. The molecule has 11 heteroatoms. The van der Waals surface area contributed by atoms with Crippen LogP contribution in [0.25, 0.3) is 0 Å². The van der Waals surface area contributed by atoms with E-state index in [9.17, 15) is 18.0 Å². The minimum atomic E-state index is -5.08. The number of carbonyl (C=O) groups is 2. The molecule has 1 N–H and O–H groups in total. The number of amides is 1. The summed E-state index contributed by atoms with van der Waals surface area (Å²) in [6, 6.07) is 9.84. The Hall–Kier alpha value is -2.50. The average molecular weight is 472 g/mol. The number of pyridine rings is 1. The van der Waals surface area contributed by atoms with Gasteiger partial charge in [-0.2, -0.15) is 13.2 Å². The number of ether oxygens (including phenoxy) is 2. The fraction of sp³-hybridized carbons (Fsp3) is 0.476. The molecule has 32 heavy (non-hydrogen) atoms. The summed E-state index contributed by atoms with van der Waals surface area (Å²) in [7, 11) is 0. The Morgan fingerprint density at radius 3 is 2.72 bits per heavy atom. The maximum Gasteiger partial charge on any atom is 0.490 e. The molecule has 2 saturated heterocycles. The molecule has 0 unspecified atom stereocenters. The average Bonchev–Trinajstić information content (AvgIpc) is 3.45. The van der Waals surface area contributed by atoms with E-state index in [1.165, 1.54) is 0 Å². The zero-order chi connectivity index (χ0) is 23.2. The van der Waals surface area contributed by atoms with E-state index in [1.54, 1.807) is 17.5 Å². The molecule has 4 heterocycles. The van der Waals surface area contributed by atoms with Crippen molar-refractivity contribution in [1.82, 2.24) is 9.88 Å². The van der Waals surface area contributed by atoms with Crippen molar-refractivity contribution >= 4 is 23.2 Å². The van der Waals surface area contributed by atoms with Gasteiger partial charge in [-0.1, -0.05) is 12.1 Å². The van der Waals surface area contributed by atoms with Crippen LogP contribution in [-0.2, 0) is 32.1 Å². The summed E-state index contributed by atoms with van der Waals surface area (Å²) in [5, 5.41) is 9.14. The summed E-state index contributed by atoms with van der Waals surface area (Å²) in [4.78, 5) is 28.9.